The Bertz CT molecular complexity index is 519. The van der Waals surface area contributed by atoms with Crippen LogP contribution in [0.4, 0.5) is 5.69 Å². The lowest BCUT2D eigenvalue weighted by Crippen LogP contribution is -2.57. The summed E-state index contributed by atoms with van der Waals surface area (Å²) in [5.41, 5.74) is 1.09. The summed E-state index contributed by atoms with van der Waals surface area (Å²) in [5, 5.41) is 15.1. The maximum atomic E-state index is 12.1. The summed E-state index contributed by atoms with van der Waals surface area (Å²) in [5.74, 6) is -0.0360. The van der Waals surface area contributed by atoms with Crippen molar-refractivity contribution >= 4 is 11.6 Å². The Balaban J connectivity index is 1.85. The molecule has 2 rings (SSSR count). The summed E-state index contributed by atoms with van der Waals surface area (Å²) >= 11 is 0. The van der Waals surface area contributed by atoms with Gasteiger partial charge in [-0.1, -0.05) is 19.1 Å². The van der Waals surface area contributed by atoms with Gasteiger partial charge in [0.05, 0.1) is 11.3 Å². The first kappa shape index (κ1) is 15.5. The highest BCUT2D eigenvalue weighted by Gasteiger charge is 2.24. The fourth-order valence-electron chi connectivity index (χ4n) is 2.44. The van der Waals surface area contributed by atoms with Gasteiger partial charge in [0.25, 0.3) is 0 Å². The van der Waals surface area contributed by atoms with Crippen molar-refractivity contribution in [2.24, 2.45) is 0 Å². The molecular formula is C16H22N4O. The van der Waals surface area contributed by atoms with Crippen LogP contribution in [0.1, 0.15) is 25.3 Å². The zero-order valence-corrected chi connectivity index (χ0v) is 12.4. The molecule has 1 saturated heterocycles. The number of nitrogens with zero attached hydrogens (tertiary/aromatic N) is 2. The zero-order chi connectivity index (χ0) is 15.1. The van der Waals surface area contributed by atoms with Crippen LogP contribution in [0, 0.1) is 11.3 Å². The third kappa shape index (κ3) is 4.28. The van der Waals surface area contributed by atoms with E-state index in [1.165, 1.54) is 0 Å². The van der Waals surface area contributed by atoms with E-state index >= 15 is 0 Å². The number of hydrogen-bond acceptors (Lipinski definition) is 4. The first-order valence-electron chi connectivity index (χ1n) is 7.48. The Morgan fingerprint density at radius 1 is 1.43 bits per heavy atom. The van der Waals surface area contributed by atoms with Crippen LogP contribution in [0.15, 0.2) is 24.3 Å². The summed E-state index contributed by atoms with van der Waals surface area (Å²) < 4.78 is 0. The lowest BCUT2D eigenvalue weighted by atomic mass is 10.1. The van der Waals surface area contributed by atoms with Gasteiger partial charge in [-0.25, -0.2) is 0 Å². The van der Waals surface area contributed by atoms with E-state index in [1.807, 2.05) is 6.07 Å². The molecule has 0 radical (unpaired) electrons. The number of benzene rings is 1. The standard InChI is InChI=1S/C16H22N4O/c1-2-8-20(14-11-18-12-14)9-7-16(21)19-15-6-4-3-5-13(15)10-17/h3-6,14,18H,2,7-9,11-12H2,1H3,(H,19,21). The number of nitrogens with one attached hydrogen (secondary N) is 2. The van der Waals surface area contributed by atoms with Gasteiger partial charge in [-0.2, -0.15) is 5.26 Å². The molecule has 0 bridgehead atoms. The average Bonchev–Trinajstić information content (AvgIpc) is 2.43. The highest BCUT2D eigenvalue weighted by molar-refractivity contribution is 5.92. The van der Waals surface area contributed by atoms with Crippen LogP contribution in [0.3, 0.4) is 0 Å². The molecule has 1 fully saturated rings. The predicted molar refractivity (Wildman–Crippen MR) is 82.9 cm³/mol. The molecule has 1 amide bonds. The lowest BCUT2D eigenvalue weighted by Gasteiger charge is -2.38. The molecule has 5 nitrogen and oxygen atoms in total. The molecule has 0 unspecified atom stereocenters. The van der Waals surface area contributed by atoms with Gasteiger partial charge in [0.1, 0.15) is 6.07 Å². The second-order valence-electron chi connectivity index (χ2n) is 5.30. The maximum absolute atomic E-state index is 12.1. The van der Waals surface area contributed by atoms with Crippen LogP contribution in [-0.4, -0.2) is 43.0 Å². The van der Waals surface area contributed by atoms with Crippen molar-refractivity contribution in [3.8, 4) is 6.07 Å². The highest BCUT2D eigenvalue weighted by atomic mass is 16.1. The molecular weight excluding hydrogens is 264 g/mol. The SMILES string of the molecule is CCCN(CCC(=O)Nc1ccccc1C#N)C1CNC1. The smallest absolute Gasteiger partial charge is 0.225 e. The largest absolute Gasteiger partial charge is 0.325 e. The molecule has 0 saturated carbocycles. The minimum absolute atomic E-state index is 0.0360. The molecule has 1 aliphatic rings. The summed E-state index contributed by atoms with van der Waals surface area (Å²) in [4.78, 5) is 14.4. The van der Waals surface area contributed by atoms with Crippen molar-refractivity contribution in [3.63, 3.8) is 0 Å². The van der Waals surface area contributed by atoms with Crippen molar-refractivity contribution in [1.82, 2.24) is 10.2 Å². The highest BCUT2D eigenvalue weighted by Crippen LogP contribution is 2.14. The van der Waals surface area contributed by atoms with Crippen molar-refractivity contribution < 1.29 is 4.79 Å². The maximum Gasteiger partial charge on any atom is 0.225 e. The molecule has 21 heavy (non-hydrogen) atoms. The number of nitriles is 1. The Kier molecular flexibility index (Phi) is 5.73. The molecule has 0 aromatic heterocycles. The van der Waals surface area contributed by atoms with Gasteiger partial charge >= 0.3 is 0 Å². The van der Waals surface area contributed by atoms with Gasteiger partial charge < -0.3 is 10.6 Å². The van der Waals surface area contributed by atoms with E-state index in [2.05, 4.69) is 28.5 Å². The molecule has 1 aromatic rings. The molecule has 2 N–H and O–H groups in total. The predicted octanol–water partition coefficient (Wildman–Crippen LogP) is 1.57. The number of hydrogen-bond donors (Lipinski definition) is 2. The van der Waals surface area contributed by atoms with Crippen LogP contribution in [0.5, 0.6) is 0 Å². The summed E-state index contributed by atoms with van der Waals surface area (Å²) in [6, 6.07) is 9.73. The number of rotatable bonds is 7. The Hall–Kier alpha value is -1.90. The van der Waals surface area contributed by atoms with Crippen LogP contribution in [-0.2, 0) is 4.79 Å². The van der Waals surface area contributed by atoms with Gasteiger partial charge in [0.15, 0.2) is 0 Å². The minimum Gasteiger partial charge on any atom is -0.325 e. The van der Waals surface area contributed by atoms with E-state index in [9.17, 15) is 4.79 Å². The molecule has 5 heteroatoms. The van der Waals surface area contributed by atoms with Gasteiger partial charge in [-0.05, 0) is 25.1 Å². The number of anilines is 1. The van der Waals surface area contributed by atoms with Crippen LogP contribution in [0.25, 0.3) is 0 Å². The van der Waals surface area contributed by atoms with Gasteiger partial charge in [-0.3, -0.25) is 9.69 Å². The number of carbonyl (C=O) groups is 1. The van der Waals surface area contributed by atoms with Gasteiger partial charge in [-0.15, -0.1) is 0 Å². The fraction of sp³-hybridized carbons (Fsp3) is 0.500. The molecule has 0 aliphatic carbocycles. The van der Waals surface area contributed by atoms with Crippen LogP contribution in [0.2, 0.25) is 0 Å². The topological polar surface area (TPSA) is 68.2 Å². The number of para-hydroxylation sites is 1. The quantitative estimate of drug-likeness (QED) is 0.798. The minimum atomic E-state index is -0.0360. The summed E-state index contributed by atoms with van der Waals surface area (Å²) in [6.45, 7) is 5.97. The Morgan fingerprint density at radius 3 is 2.81 bits per heavy atom. The third-order valence-corrected chi connectivity index (χ3v) is 3.73. The van der Waals surface area contributed by atoms with Crippen molar-refractivity contribution in [3.05, 3.63) is 29.8 Å². The fourth-order valence-corrected chi connectivity index (χ4v) is 2.44. The van der Waals surface area contributed by atoms with Crippen molar-refractivity contribution in [2.45, 2.75) is 25.8 Å². The van der Waals surface area contributed by atoms with E-state index in [4.69, 9.17) is 5.26 Å². The van der Waals surface area contributed by atoms with Crippen LogP contribution < -0.4 is 10.6 Å². The molecule has 1 aliphatic heterocycles. The molecule has 1 heterocycles. The van der Waals surface area contributed by atoms with Crippen LogP contribution >= 0.6 is 0 Å². The number of carbonyl (C=O) groups excluding carboxylic acids is 1. The monoisotopic (exact) mass is 286 g/mol. The van der Waals surface area contributed by atoms with Crippen molar-refractivity contribution in [2.75, 3.05) is 31.5 Å². The lowest BCUT2D eigenvalue weighted by molar-refractivity contribution is -0.116. The van der Waals surface area contributed by atoms with Gasteiger partial charge in [0, 0.05) is 32.1 Å². The normalized spacial score (nSPS) is 14.5. The second kappa shape index (κ2) is 7.77. The second-order valence-corrected chi connectivity index (χ2v) is 5.30. The molecule has 1 aromatic carbocycles. The van der Waals surface area contributed by atoms with E-state index < -0.39 is 0 Å². The molecule has 112 valence electrons. The summed E-state index contributed by atoms with van der Waals surface area (Å²) in [6.07, 6.45) is 1.55. The molecule has 0 atom stereocenters. The van der Waals surface area contributed by atoms with Crippen molar-refractivity contribution in [1.29, 1.82) is 5.26 Å². The van der Waals surface area contributed by atoms with E-state index in [1.54, 1.807) is 18.2 Å². The van der Waals surface area contributed by atoms with E-state index in [-0.39, 0.29) is 5.91 Å². The molecule has 0 spiro atoms. The first-order valence-corrected chi connectivity index (χ1v) is 7.48. The third-order valence-electron chi connectivity index (χ3n) is 3.73. The Labute approximate surface area is 125 Å². The van der Waals surface area contributed by atoms with Gasteiger partial charge in [0.2, 0.25) is 5.91 Å². The zero-order valence-electron chi connectivity index (χ0n) is 12.4. The number of amides is 1. The summed E-state index contributed by atoms with van der Waals surface area (Å²) in [7, 11) is 0. The average molecular weight is 286 g/mol. The van der Waals surface area contributed by atoms with E-state index in [0.29, 0.717) is 23.7 Å². The van der Waals surface area contributed by atoms with E-state index in [0.717, 1.165) is 32.6 Å². The first-order chi connectivity index (χ1) is 10.2. The Morgan fingerprint density at radius 2 is 2.19 bits per heavy atom.